The Bertz CT molecular complexity index is 994. The second kappa shape index (κ2) is 10.2. The summed E-state index contributed by atoms with van der Waals surface area (Å²) in [6, 6.07) is 11.9. The summed E-state index contributed by atoms with van der Waals surface area (Å²) in [4.78, 5) is 17.6. The van der Waals surface area contributed by atoms with E-state index in [-0.39, 0.29) is 5.91 Å². The highest BCUT2D eigenvalue weighted by Gasteiger charge is 2.24. The molecule has 6 heteroatoms. The van der Waals surface area contributed by atoms with Crippen molar-refractivity contribution in [2.24, 2.45) is 4.99 Å². The fourth-order valence-electron chi connectivity index (χ4n) is 3.09. The minimum Gasteiger partial charge on any atom is -0.493 e. The van der Waals surface area contributed by atoms with Crippen LogP contribution < -0.4 is 14.8 Å². The van der Waals surface area contributed by atoms with E-state index in [9.17, 15) is 4.79 Å². The summed E-state index contributed by atoms with van der Waals surface area (Å²) in [5.74, 6) is 1.18. The van der Waals surface area contributed by atoms with Crippen molar-refractivity contribution in [2.45, 2.75) is 26.7 Å². The Hall–Kier alpha value is -2.99. The summed E-state index contributed by atoms with van der Waals surface area (Å²) >= 11 is 1.32. The predicted molar refractivity (Wildman–Crippen MR) is 125 cm³/mol. The maximum absolute atomic E-state index is 12.5. The van der Waals surface area contributed by atoms with E-state index < -0.39 is 0 Å². The van der Waals surface area contributed by atoms with Gasteiger partial charge in [0.1, 0.15) is 0 Å². The highest BCUT2D eigenvalue weighted by molar-refractivity contribution is 8.18. The molecule has 1 fully saturated rings. The van der Waals surface area contributed by atoms with Crippen molar-refractivity contribution >= 4 is 34.6 Å². The Kier molecular flexibility index (Phi) is 7.36. The van der Waals surface area contributed by atoms with Gasteiger partial charge in [0.05, 0.1) is 24.3 Å². The molecular formula is C24H26N2O3S. The summed E-state index contributed by atoms with van der Waals surface area (Å²) in [5, 5.41) is 3.40. The molecule has 1 aliphatic heterocycles. The first kappa shape index (κ1) is 21.7. The van der Waals surface area contributed by atoms with Crippen molar-refractivity contribution in [3.8, 4) is 11.5 Å². The molecule has 0 atom stereocenters. The Balaban J connectivity index is 1.88. The van der Waals surface area contributed by atoms with E-state index in [1.165, 1.54) is 17.3 Å². The molecule has 5 nitrogen and oxygen atoms in total. The Morgan fingerprint density at radius 1 is 1.20 bits per heavy atom. The minimum absolute atomic E-state index is 0.165. The van der Waals surface area contributed by atoms with Gasteiger partial charge in [-0.1, -0.05) is 25.1 Å². The summed E-state index contributed by atoms with van der Waals surface area (Å²) < 4.78 is 11.3. The monoisotopic (exact) mass is 422 g/mol. The average Bonchev–Trinajstić information content (AvgIpc) is 3.09. The quantitative estimate of drug-likeness (QED) is 0.465. The van der Waals surface area contributed by atoms with Crippen molar-refractivity contribution in [1.82, 2.24) is 5.32 Å². The molecule has 0 spiro atoms. The average molecular weight is 423 g/mol. The lowest BCUT2D eigenvalue weighted by molar-refractivity contribution is -0.115. The van der Waals surface area contributed by atoms with Crippen LogP contribution in [0.3, 0.4) is 0 Å². The first-order chi connectivity index (χ1) is 14.6. The van der Waals surface area contributed by atoms with Gasteiger partial charge in [-0.2, -0.15) is 0 Å². The van der Waals surface area contributed by atoms with Crippen LogP contribution in [0.25, 0.3) is 6.08 Å². The number of benzene rings is 2. The molecule has 2 aromatic carbocycles. The van der Waals surface area contributed by atoms with Crippen LogP contribution in [0.2, 0.25) is 0 Å². The van der Waals surface area contributed by atoms with Crippen molar-refractivity contribution in [3.63, 3.8) is 0 Å². The van der Waals surface area contributed by atoms with Gasteiger partial charge in [-0.3, -0.25) is 4.79 Å². The number of nitrogens with zero attached hydrogens (tertiary/aromatic N) is 1. The topological polar surface area (TPSA) is 59.9 Å². The number of hydrogen-bond donors (Lipinski definition) is 1. The second-order valence-corrected chi connectivity index (χ2v) is 7.67. The third-order valence-electron chi connectivity index (χ3n) is 4.55. The zero-order valence-corrected chi connectivity index (χ0v) is 18.3. The summed E-state index contributed by atoms with van der Waals surface area (Å²) in [5.41, 5.74) is 3.89. The number of aryl methyl sites for hydroxylation is 1. The Morgan fingerprint density at radius 2 is 1.97 bits per heavy atom. The number of allylic oxidation sites excluding steroid dienone is 1. The molecule has 0 radical (unpaired) electrons. The molecule has 2 aromatic rings. The third kappa shape index (κ3) is 5.13. The Morgan fingerprint density at radius 3 is 2.60 bits per heavy atom. The maximum Gasteiger partial charge on any atom is 0.264 e. The van der Waals surface area contributed by atoms with Gasteiger partial charge in [0, 0.05) is 5.56 Å². The van der Waals surface area contributed by atoms with Gasteiger partial charge in [-0.15, -0.1) is 6.58 Å². The van der Waals surface area contributed by atoms with Gasteiger partial charge in [0.25, 0.3) is 5.91 Å². The van der Waals surface area contributed by atoms with Crippen LogP contribution in [-0.4, -0.2) is 24.8 Å². The first-order valence-corrected chi connectivity index (χ1v) is 10.7. The largest absolute Gasteiger partial charge is 0.493 e. The number of hydrogen-bond acceptors (Lipinski definition) is 5. The molecule has 156 valence electrons. The van der Waals surface area contributed by atoms with Crippen LogP contribution in [0.5, 0.6) is 11.5 Å². The third-order valence-corrected chi connectivity index (χ3v) is 5.46. The molecule has 1 aliphatic rings. The number of amidine groups is 1. The standard InChI is InChI=1S/C24H26N2O3S/c1-5-8-18-13-17(14-20(28-4)22(18)29-7-3)15-21-23(27)26-24(30-21)25-19-11-9-16(6-2)10-12-19/h5,9-15H,1,6-8H2,2-4H3,(H,25,26,27)/b21-15-. The highest BCUT2D eigenvalue weighted by atomic mass is 32.2. The molecule has 1 heterocycles. The molecule has 1 amide bonds. The number of rotatable bonds is 8. The minimum atomic E-state index is -0.165. The van der Waals surface area contributed by atoms with Crippen molar-refractivity contribution in [3.05, 3.63) is 70.6 Å². The molecule has 1 saturated heterocycles. The zero-order valence-electron chi connectivity index (χ0n) is 17.5. The van der Waals surface area contributed by atoms with E-state index in [1.54, 1.807) is 7.11 Å². The highest BCUT2D eigenvalue weighted by Crippen LogP contribution is 2.36. The number of ether oxygens (including phenoxy) is 2. The molecule has 0 bridgehead atoms. The lowest BCUT2D eigenvalue weighted by atomic mass is 10.0. The van der Waals surface area contributed by atoms with Crippen LogP contribution in [0.15, 0.2) is 59.0 Å². The van der Waals surface area contributed by atoms with Gasteiger partial charge in [-0.25, -0.2) is 4.99 Å². The molecule has 3 rings (SSSR count). The molecule has 1 N–H and O–H groups in total. The van der Waals surface area contributed by atoms with Gasteiger partial charge in [0.2, 0.25) is 0 Å². The molecule has 0 saturated carbocycles. The lowest BCUT2D eigenvalue weighted by Crippen LogP contribution is -2.19. The van der Waals surface area contributed by atoms with Crippen LogP contribution in [0.1, 0.15) is 30.5 Å². The smallest absolute Gasteiger partial charge is 0.264 e. The van der Waals surface area contributed by atoms with E-state index in [0.717, 1.165) is 23.2 Å². The van der Waals surface area contributed by atoms with Crippen molar-refractivity contribution < 1.29 is 14.3 Å². The second-order valence-electron chi connectivity index (χ2n) is 6.64. The fraction of sp³-hybridized carbons (Fsp3) is 0.250. The van der Waals surface area contributed by atoms with Gasteiger partial charge in [0.15, 0.2) is 16.7 Å². The van der Waals surface area contributed by atoms with E-state index in [1.807, 2.05) is 55.5 Å². The van der Waals surface area contributed by atoms with Crippen LogP contribution in [0.4, 0.5) is 5.69 Å². The number of amides is 1. The normalized spacial score (nSPS) is 16.0. The van der Waals surface area contributed by atoms with Crippen LogP contribution in [-0.2, 0) is 17.6 Å². The Labute approximate surface area is 181 Å². The van der Waals surface area contributed by atoms with Crippen molar-refractivity contribution in [2.75, 3.05) is 13.7 Å². The summed E-state index contributed by atoms with van der Waals surface area (Å²) in [6.07, 6.45) is 5.28. The number of nitrogens with one attached hydrogen (secondary N) is 1. The number of carbonyl (C=O) groups is 1. The molecule has 30 heavy (non-hydrogen) atoms. The van der Waals surface area contributed by atoms with Gasteiger partial charge in [-0.05, 0) is 73.0 Å². The zero-order chi connectivity index (χ0) is 21.5. The number of methoxy groups -OCH3 is 1. The molecule has 0 unspecified atom stereocenters. The number of carbonyl (C=O) groups excluding carboxylic acids is 1. The molecule has 0 aromatic heterocycles. The number of aliphatic imine (C=N–C) groups is 1. The summed E-state index contributed by atoms with van der Waals surface area (Å²) in [6.45, 7) is 8.41. The molecular weight excluding hydrogens is 396 g/mol. The fourth-order valence-corrected chi connectivity index (χ4v) is 3.93. The van der Waals surface area contributed by atoms with Crippen LogP contribution in [0, 0.1) is 0 Å². The van der Waals surface area contributed by atoms with E-state index in [4.69, 9.17) is 9.47 Å². The van der Waals surface area contributed by atoms with Crippen molar-refractivity contribution in [1.29, 1.82) is 0 Å². The van der Waals surface area contributed by atoms with Gasteiger partial charge < -0.3 is 14.8 Å². The maximum atomic E-state index is 12.5. The van der Waals surface area contributed by atoms with E-state index >= 15 is 0 Å². The van der Waals surface area contributed by atoms with E-state index in [2.05, 4.69) is 23.8 Å². The van der Waals surface area contributed by atoms with E-state index in [0.29, 0.717) is 34.6 Å². The number of thioether (sulfide) groups is 1. The first-order valence-electron chi connectivity index (χ1n) is 9.91. The predicted octanol–water partition coefficient (Wildman–Crippen LogP) is 5.28. The molecule has 0 aliphatic carbocycles. The van der Waals surface area contributed by atoms with Crippen LogP contribution >= 0.6 is 11.8 Å². The lowest BCUT2D eigenvalue weighted by Gasteiger charge is -2.14. The SMILES string of the molecule is C=CCc1cc(/C=C2\SC(=Nc3ccc(CC)cc3)NC2=O)cc(OC)c1OCC. The van der Waals surface area contributed by atoms with Gasteiger partial charge >= 0.3 is 0 Å². The summed E-state index contributed by atoms with van der Waals surface area (Å²) in [7, 11) is 1.61.